The number of allylic oxidation sites excluding steroid dienone is 2. The van der Waals surface area contributed by atoms with Crippen molar-refractivity contribution in [3.8, 4) is 0 Å². The van der Waals surface area contributed by atoms with Gasteiger partial charge in [0.05, 0.1) is 16.6 Å². The van der Waals surface area contributed by atoms with Gasteiger partial charge in [0.2, 0.25) is 0 Å². The molecule has 0 aliphatic heterocycles. The Kier molecular flexibility index (Phi) is 1.81. The van der Waals surface area contributed by atoms with Crippen LogP contribution in [0.3, 0.4) is 0 Å². The molecule has 0 amide bonds. The van der Waals surface area contributed by atoms with Crippen molar-refractivity contribution < 1.29 is 9.90 Å². The average molecular weight is 188 g/mol. The van der Waals surface area contributed by atoms with E-state index in [9.17, 15) is 4.79 Å². The normalized spacial score (nSPS) is 13.9. The van der Waals surface area contributed by atoms with Crippen molar-refractivity contribution in [3.63, 3.8) is 0 Å². The van der Waals surface area contributed by atoms with Gasteiger partial charge in [-0.15, -0.1) is 0 Å². The molecule has 1 aliphatic rings. The van der Waals surface area contributed by atoms with Crippen LogP contribution >= 0.6 is 0 Å². The fraction of sp³-hybridized carbons (Fsp3) is 0. The number of aromatic amines is 1. The molecule has 70 valence electrons. The first-order valence-electron chi connectivity index (χ1n) is 4.06. The van der Waals surface area contributed by atoms with Crippen LogP contribution in [-0.4, -0.2) is 21.0 Å². The summed E-state index contributed by atoms with van der Waals surface area (Å²) in [6, 6.07) is 0. The zero-order chi connectivity index (χ0) is 10.1. The quantitative estimate of drug-likeness (QED) is 0.632. The highest BCUT2D eigenvalue weighted by molar-refractivity contribution is 6.12. The van der Waals surface area contributed by atoms with Crippen LogP contribution in [0.1, 0.15) is 5.69 Å². The molecule has 0 radical (unpaired) electrons. The van der Waals surface area contributed by atoms with Crippen molar-refractivity contribution in [2.24, 2.45) is 0 Å². The highest BCUT2D eigenvalue weighted by Crippen LogP contribution is 2.02. The molecule has 4 heteroatoms. The molecule has 0 bridgehead atoms. The molecule has 1 aliphatic carbocycles. The molecule has 0 spiro atoms. The van der Waals surface area contributed by atoms with Gasteiger partial charge in [-0.25, -0.2) is 9.78 Å². The molecule has 0 aromatic carbocycles. The molecule has 1 heterocycles. The van der Waals surface area contributed by atoms with E-state index in [2.05, 4.69) is 16.5 Å². The average Bonchev–Trinajstić information content (AvgIpc) is 2.35. The number of rotatable bonds is 1. The Morgan fingerprint density at radius 3 is 2.86 bits per heavy atom. The van der Waals surface area contributed by atoms with Crippen molar-refractivity contribution in [2.45, 2.75) is 0 Å². The summed E-state index contributed by atoms with van der Waals surface area (Å²) in [7, 11) is 0. The summed E-state index contributed by atoms with van der Waals surface area (Å²) in [6.45, 7) is 3.62. The Bertz CT molecular complexity index is 549. The predicted octanol–water partition coefficient (Wildman–Crippen LogP) is -0.362. The maximum Gasteiger partial charge on any atom is 0.337 e. The van der Waals surface area contributed by atoms with E-state index < -0.39 is 5.97 Å². The van der Waals surface area contributed by atoms with Gasteiger partial charge in [-0.1, -0.05) is 18.7 Å². The standard InChI is InChI=1S/C10H8N2O2/c1-6-11-8-5-3-2-4-7(10(13)14)9(8)12-6/h2-5,12H,1H2,(H,13,14). The zero-order valence-corrected chi connectivity index (χ0v) is 7.32. The predicted molar refractivity (Wildman–Crippen MR) is 52.6 cm³/mol. The number of carbonyl (C=O) groups is 1. The van der Waals surface area contributed by atoms with Gasteiger partial charge in [-0.2, -0.15) is 0 Å². The van der Waals surface area contributed by atoms with Crippen LogP contribution in [0.4, 0.5) is 0 Å². The lowest BCUT2D eigenvalue weighted by atomic mass is 10.2. The van der Waals surface area contributed by atoms with Crippen molar-refractivity contribution in [3.05, 3.63) is 34.8 Å². The van der Waals surface area contributed by atoms with Crippen molar-refractivity contribution in [1.82, 2.24) is 9.97 Å². The lowest BCUT2D eigenvalue weighted by Crippen LogP contribution is -2.17. The van der Waals surface area contributed by atoms with Gasteiger partial charge in [0, 0.05) is 0 Å². The van der Waals surface area contributed by atoms with Crippen LogP contribution in [0.5, 0.6) is 0 Å². The Morgan fingerprint density at radius 2 is 2.14 bits per heavy atom. The monoisotopic (exact) mass is 188 g/mol. The van der Waals surface area contributed by atoms with Crippen LogP contribution in [0.25, 0.3) is 18.2 Å². The highest BCUT2D eigenvalue weighted by atomic mass is 16.4. The fourth-order valence-corrected chi connectivity index (χ4v) is 1.32. The topological polar surface area (TPSA) is 66.0 Å². The smallest absolute Gasteiger partial charge is 0.337 e. The highest BCUT2D eigenvalue weighted by Gasteiger charge is 2.09. The first kappa shape index (κ1) is 8.50. The molecule has 0 atom stereocenters. The number of hydrogen-bond acceptors (Lipinski definition) is 2. The van der Waals surface area contributed by atoms with E-state index in [0.717, 1.165) is 0 Å². The van der Waals surface area contributed by atoms with Crippen molar-refractivity contribution in [2.75, 3.05) is 0 Å². The minimum absolute atomic E-state index is 0.201. The third-order valence-electron chi connectivity index (χ3n) is 1.91. The van der Waals surface area contributed by atoms with E-state index in [-0.39, 0.29) is 5.57 Å². The second-order valence-corrected chi connectivity index (χ2v) is 2.88. The number of nitrogens with zero attached hydrogens (tertiary/aromatic N) is 1. The SMILES string of the molecule is C=c1nc2c([nH]1)=C(C(=O)O)C=CC=C2. The Balaban J connectivity index is 2.88. The van der Waals surface area contributed by atoms with Gasteiger partial charge in [0.1, 0.15) is 5.48 Å². The number of fused-ring (bicyclic) bond motifs is 1. The first-order valence-corrected chi connectivity index (χ1v) is 4.06. The number of aromatic nitrogens is 2. The third-order valence-corrected chi connectivity index (χ3v) is 1.91. The number of imidazole rings is 1. The number of carboxylic acids is 1. The van der Waals surface area contributed by atoms with Crippen LogP contribution < -0.4 is 10.8 Å². The second-order valence-electron chi connectivity index (χ2n) is 2.88. The van der Waals surface area contributed by atoms with Crippen LogP contribution in [0.15, 0.2) is 18.2 Å². The van der Waals surface area contributed by atoms with Crippen molar-refractivity contribution in [1.29, 1.82) is 0 Å². The summed E-state index contributed by atoms with van der Waals surface area (Å²) in [4.78, 5) is 17.8. The number of aliphatic carboxylic acids is 1. The van der Waals surface area contributed by atoms with Gasteiger partial charge in [0.25, 0.3) is 0 Å². The number of nitrogens with one attached hydrogen (secondary N) is 1. The second kappa shape index (κ2) is 2.99. The molecule has 1 aromatic rings. The first-order chi connectivity index (χ1) is 6.68. The molecule has 0 saturated heterocycles. The van der Waals surface area contributed by atoms with E-state index in [0.29, 0.717) is 16.5 Å². The number of carboxylic acid groups (broad SMARTS) is 1. The van der Waals surface area contributed by atoms with E-state index in [1.807, 2.05) is 0 Å². The van der Waals surface area contributed by atoms with Gasteiger partial charge in [0.15, 0.2) is 0 Å². The lowest BCUT2D eigenvalue weighted by Gasteiger charge is -1.90. The molecule has 1 aromatic heterocycles. The third kappa shape index (κ3) is 1.26. The van der Waals surface area contributed by atoms with Gasteiger partial charge < -0.3 is 10.1 Å². The van der Waals surface area contributed by atoms with Crippen LogP contribution in [0.2, 0.25) is 0 Å². The van der Waals surface area contributed by atoms with E-state index >= 15 is 0 Å². The van der Waals surface area contributed by atoms with E-state index in [4.69, 9.17) is 5.11 Å². The maximum atomic E-state index is 10.9. The summed E-state index contributed by atoms with van der Waals surface area (Å²) < 4.78 is 0. The Labute approximate surface area is 79.6 Å². The number of hydrogen-bond donors (Lipinski definition) is 2. The van der Waals surface area contributed by atoms with Crippen LogP contribution in [-0.2, 0) is 4.79 Å². The zero-order valence-electron chi connectivity index (χ0n) is 7.32. The largest absolute Gasteiger partial charge is 0.478 e. The summed E-state index contributed by atoms with van der Waals surface area (Å²) in [6.07, 6.45) is 6.69. The summed E-state index contributed by atoms with van der Waals surface area (Å²) >= 11 is 0. The molecule has 0 saturated carbocycles. The molecular weight excluding hydrogens is 180 g/mol. The summed E-state index contributed by atoms with van der Waals surface area (Å²) in [5, 5.41) is 9.44. The number of H-pyrrole nitrogens is 1. The molecule has 14 heavy (non-hydrogen) atoms. The van der Waals surface area contributed by atoms with Crippen molar-refractivity contribution >= 4 is 24.2 Å². The van der Waals surface area contributed by atoms with E-state index in [1.165, 1.54) is 6.08 Å². The molecule has 0 unspecified atom stereocenters. The molecule has 4 nitrogen and oxygen atoms in total. The summed E-state index contributed by atoms with van der Waals surface area (Å²) in [5.74, 6) is -0.977. The van der Waals surface area contributed by atoms with Gasteiger partial charge in [-0.05, 0) is 12.2 Å². The Hall–Kier alpha value is -2.10. The molecular formula is C10H8N2O2. The minimum Gasteiger partial charge on any atom is -0.478 e. The van der Waals surface area contributed by atoms with Gasteiger partial charge >= 0.3 is 5.97 Å². The molecule has 2 rings (SSSR count). The van der Waals surface area contributed by atoms with E-state index in [1.54, 1.807) is 18.2 Å². The maximum absolute atomic E-state index is 10.9. The fourth-order valence-electron chi connectivity index (χ4n) is 1.32. The minimum atomic E-state index is -0.977. The molecule has 2 N–H and O–H groups in total. The summed E-state index contributed by atoms with van der Waals surface area (Å²) in [5.41, 5.74) is 1.28. The van der Waals surface area contributed by atoms with Crippen LogP contribution in [0, 0.1) is 0 Å². The molecule has 0 fully saturated rings. The lowest BCUT2D eigenvalue weighted by molar-refractivity contribution is -0.130. The Morgan fingerprint density at radius 1 is 1.43 bits per heavy atom. The van der Waals surface area contributed by atoms with Gasteiger partial charge in [-0.3, -0.25) is 0 Å².